The number of alkyl carbamates (subject to hydrolysis) is 1. The molecule has 1 fully saturated rings. The molecule has 1 saturated heterocycles. The van der Waals surface area contributed by atoms with Crippen molar-refractivity contribution in [1.82, 2.24) is 15.5 Å². The lowest BCUT2D eigenvalue weighted by Gasteiger charge is -2.33. The summed E-state index contributed by atoms with van der Waals surface area (Å²) in [4.78, 5) is 25.1. The Balaban J connectivity index is 2.42. The lowest BCUT2D eigenvalue weighted by molar-refractivity contribution is 0.0479. The fourth-order valence-electron chi connectivity index (χ4n) is 2.02. The second-order valence-corrected chi connectivity index (χ2v) is 5.77. The molecule has 0 radical (unpaired) electrons. The molecule has 19 heavy (non-hydrogen) atoms. The van der Waals surface area contributed by atoms with Crippen LogP contribution in [0.5, 0.6) is 0 Å². The van der Waals surface area contributed by atoms with E-state index in [0.29, 0.717) is 13.1 Å². The number of nitrogens with one attached hydrogen (secondary N) is 2. The highest BCUT2D eigenvalue weighted by molar-refractivity contribution is 5.74. The van der Waals surface area contributed by atoms with E-state index in [4.69, 9.17) is 4.74 Å². The van der Waals surface area contributed by atoms with Gasteiger partial charge in [-0.3, -0.25) is 0 Å². The van der Waals surface area contributed by atoms with E-state index in [1.54, 1.807) is 4.90 Å². The number of amides is 3. The zero-order valence-electron chi connectivity index (χ0n) is 12.3. The molecule has 110 valence electrons. The van der Waals surface area contributed by atoms with Gasteiger partial charge in [-0.25, -0.2) is 9.59 Å². The summed E-state index contributed by atoms with van der Waals surface area (Å²) in [5.74, 6) is 0. The van der Waals surface area contributed by atoms with Gasteiger partial charge < -0.3 is 20.3 Å². The van der Waals surface area contributed by atoms with Gasteiger partial charge in [0.15, 0.2) is 0 Å². The number of nitrogens with zero attached hydrogens (tertiary/aromatic N) is 1. The molecule has 0 spiro atoms. The third-order valence-corrected chi connectivity index (χ3v) is 2.76. The first-order valence-corrected chi connectivity index (χ1v) is 6.84. The summed E-state index contributed by atoms with van der Waals surface area (Å²) in [5, 5.41) is 5.59. The highest BCUT2D eigenvalue weighted by Gasteiger charge is 2.26. The maximum atomic E-state index is 11.7. The molecule has 1 atom stereocenters. The van der Waals surface area contributed by atoms with Crippen LogP contribution in [0.15, 0.2) is 0 Å². The van der Waals surface area contributed by atoms with Crippen LogP contribution in [-0.2, 0) is 4.74 Å². The molecule has 1 heterocycles. The van der Waals surface area contributed by atoms with Crippen LogP contribution >= 0.6 is 0 Å². The predicted molar refractivity (Wildman–Crippen MR) is 73.0 cm³/mol. The van der Waals surface area contributed by atoms with Crippen LogP contribution in [0, 0.1) is 0 Å². The van der Waals surface area contributed by atoms with Gasteiger partial charge in [0.05, 0.1) is 0 Å². The summed E-state index contributed by atoms with van der Waals surface area (Å²) in [6.45, 7) is 9.25. The molecular formula is C13H25N3O3. The largest absolute Gasteiger partial charge is 0.444 e. The van der Waals surface area contributed by atoms with Crippen LogP contribution in [0.25, 0.3) is 0 Å². The van der Waals surface area contributed by atoms with E-state index in [1.807, 2.05) is 27.7 Å². The van der Waals surface area contributed by atoms with Crippen LogP contribution in [0.1, 0.15) is 40.5 Å². The number of piperidine rings is 1. The minimum atomic E-state index is -0.502. The average molecular weight is 271 g/mol. The minimum Gasteiger partial charge on any atom is -0.444 e. The molecule has 2 N–H and O–H groups in total. The van der Waals surface area contributed by atoms with Gasteiger partial charge in [-0.1, -0.05) is 0 Å². The molecule has 1 rings (SSSR count). The Morgan fingerprint density at radius 3 is 2.63 bits per heavy atom. The van der Waals surface area contributed by atoms with Crippen molar-refractivity contribution >= 4 is 12.1 Å². The topological polar surface area (TPSA) is 70.7 Å². The molecule has 3 amide bonds. The first-order valence-electron chi connectivity index (χ1n) is 6.84. The molecule has 1 unspecified atom stereocenters. The quantitative estimate of drug-likeness (QED) is 0.803. The van der Waals surface area contributed by atoms with Crippen molar-refractivity contribution in [2.24, 2.45) is 0 Å². The lowest BCUT2D eigenvalue weighted by Crippen LogP contribution is -2.52. The summed E-state index contributed by atoms with van der Waals surface area (Å²) in [7, 11) is 0. The molecule has 1 aliphatic heterocycles. The van der Waals surface area contributed by atoms with Crippen molar-refractivity contribution in [2.45, 2.75) is 52.2 Å². The van der Waals surface area contributed by atoms with Crippen molar-refractivity contribution < 1.29 is 14.3 Å². The second-order valence-electron chi connectivity index (χ2n) is 5.77. The molecule has 6 heteroatoms. The maximum Gasteiger partial charge on any atom is 0.407 e. The number of rotatable bonds is 2. The molecule has 0 aromatic heterocycles. The first kappa shape index (κ1) is 15.6. The summed E-state index contributed by atoms with van der Waals surface area (Å²) in [6, 6.07) is -0.107. The molecule has 1 aliphatic rings. The number of urea groups is 1. The second kappa shape index (κ2) is 6.63. The van der Waals surface area contributed by atoms with E-state index in [2.05, 4.69) is 10.6 Å². The fraction of sp³-hybridized carbons (Fsp3) is 0.846. The van der Waals surface area contributed by atoms with Gasteiger partial charge in [0.1, 0.15) is 5.60 Å². The van der Waals surface area contributed by atoms with E-state index >= 15 is 0 Å². The number of likely N-dealkylation sites (tertiary alicyclic amines) is 1. The predicted octanol–water partition coefficient (Wildman–Crippen LogP) is 1.70. The first-order chi connectivity index (χ1) is 8.81. The SMILES string of the molecule is CCNC(=O)N1CCCC(NC(=O)OC(C)(C)C)C1. The van der Waals surface area contributed by atoms with Crippen molar-refractivity contribution in [3.63, 3.8) is 0 Å². The number of hydrogen-bond acceptors (Lipinski definition) is 3. The summed E-state index contributed by atoms with van der Waals surface area (Å²) < 4.78 is 5.21. The van der Waals surface area contributed by atoms with Crippen molar-refractivity contribution in [1.29, 1.82) is 0 Å². The number of carbonyl (C=O) groups is 2. The van der Waals surface area contributed by atoms with Gasteiger partial charge in [-0.05, 0) is 40.5 Å². The highest BCUT2D eigenvalue weighted by atomic mass is 16.6. The molecule has 6 nitrogen and oxygen atoms in total. The van der Waals surface area contributed by atoms with E-state index in [9.17, 15) is 9.59 Å². The third kappa shape index (κ3) is 5.81. The van der Waals surface area contributed by atoms with E-state index in [0.717, 1.165) is 19.4 Å². The maximum absolute atomic E-state index is 11.7. The number of ether oxygens (including phenoxy) is 1. The molecule has 0 aromatic rings. The normalized spacial score (nSPS) is 19.8. The monoisotopic (exact) mass is 271 g/mol. The van der Waals surface area contributed by atoms with Crippen LogP contribution in [0.3, 0.4) is 0 Å². The average Bonchev–Trinajstić information content (AvgIpc) is 2.27. The van der Waals surface area contributed by atoms with E-state index < -0.39 is 11.7 Å². The van der Waals surface area contributed by atoms with E-state index in [1.165, 1.54) is 0 Å². The van der Waals surface area contributed by atoms with Gasteiger partial charge in [0, 0.05) is 25.7 Å². The Hall–Kier alpha value is -1.46. The Kier molecular flexibility index (Phi) is 5.44. The summed E-state index contributed by atoms with van der Waals surface area (Å²) in [6.07, 6.45) is 1.34. The minimum absolute atomic E-state index is 0.0359. The highest BCUT2D eigenvalue weighted by Crippen LogP contribution is 2.12. The molecule has 0 saturated carbocycles. The van der Waals surface area contributed by atoms with Gasteiger partial charge in [0.2, 0.25) is 0 Å². The van der Waals surface area contributed by atoms with Gasteiger partial charge >= 0.3 is 12.1 Å². The molecule has 0 aliphatic carbocycles. The molecule has 0 aromatic carbocycles. The van der Waals surface area contributed by atoms with Crippen LogP contribution in [-0.4, -0.2) is 48.3 Å². The molecular weight excluding hydrogens is 246 g/mol. The Morgan fingerprint density at radius 1 is 1.37 bits per heavy atom. The zero-order valence-corrected chi connectivity index (χ0v) is 12.3. The number of hydrogen-bond donors (Lipinski definition) is 2. The van der Waals surface area contributed by atoms with Crippen LogP contribution < -0.4 is 10.6 Å². The smallest absolute Gasteiger partial charge is 0.407 e. The Labute approximate surface area is 114 Å². The van der Waals surface area contributed by atoms with Crippen LogP contribution in [0.4, 0.5) is 9.59 Å². The zero-order chi connectivity index (χ0) is 14.5. The summed E-state index contributed by atoms with van der Waals surface area (Å²) in [5.41, 5.74) is -0.502. The standard InChI is InChI=1S/C13H25N3O3/c1-5-14-11(17)16-8-6-7-10(9-16)15-12(18)19-13(2,3)4/h10H,5-9H2,1-4H3,(H,14,17)(H,15,18). The van der Waals surface area contributed by atoms with Crippen molar-refractivity contribution in [3.8, 4) is 0 Å². The summed E-state index contributed by atoms with van der Waals surface area (Å²) >= 11 is 0. The van der Waals surface area contributed by atoms with Crippen LogP contribution in [0.2, 0.25) is 0 Å². The van der Waals surface area contributed by atoms with Gasteiger partial charge in [-0.2, -0.15) is 0 Å². The van der Waals surface area contributed by atoms with Crippen molar-refractivity contribution in [3.05, 3.63) is 0 Å². The van der Waals surface area contributed by atoms with Gasteiger partial charge in [-0.15, -0.1) is 0 Å². The Morgan fingerprint density at radius 2 is 2.05 bits per heavy atom. The fourth-order valence-corrected chi connectivity index (χ4v) is 2.02. The number of carbonyl (C=O) groups excluding carboxylic acids is 2. The Bertz CT molecular complexity index is 326. The van der Waals surface area contributed by atoms with E-state index in [-0.39, 0.29) is 12.1 Å². The third-order valence-electron chi connectivity index (χ3n) is 2.76. The molecule has 0 bridgehead atoms. The lowest BCUT2D eigenvalue weighted by atomic mass is 10.1. The van der Waals surface area contributed by atoms with Crippen molar-refractivity contribution in [2.75, 3.05) is 19.6 Å². The van der Waals surface area contributed by atoms with Gasteiger partial charge in [0.25, 0.3) is 0 Å².